The number of phosphoric ester groups is 1. The Bertz CT molecular complexity index is 952. The van der Waals surface area contributed by atoms with Gasteiger partial charge in [0.1, 0.15) is 42.7 Å². The van der Waals surface area contributed by atoms with E-state index in [0.717, 1.165) is 57.8 Å². The molecule has 1 aliphatic carbocycles. The lowest BCUT2D eigenvalue weighted by Gasteiger charge is -2.41. The van der Waals surface area contributed by atoms with Crippen LogP contribution in [0.5, 0.6) is 0 Å². The number of carbonyl (C=O) groups excluding carboxylic acids is 1. The number of ether oxygens (including phenoxy) is 2. The van der Waals surface area contributed by atoms with E-state index in [-0.39, 0.29) is 13.0 Å². The smallest absolute Gasteiger partial charge is 0.457 e. The number of phosphoric acid groups is 1. The van der Waals surface area contributed by atoms with Gasteiger partial charge in [0.2, 0.25) is 0 Å². The first kappa shape index (κ1) is 51.1. The molecule has 0 aromatic carbocycles. The van der Waals surface area contributed by atoms with Crippen molar-refractivity contribution in [3.05, 3.63) is 12.2 Å². The van der Waals surface area contributed by atoms with Crippen molar-refractivity contribution in [2.75, 3.05) is 19.8 Å². The molecule has 6 N–H and O–H groups in total. The van der Waals surface area contributed by atoms with Crippen LogP contribution in [0.1, 0.15) is 181 Å². The number of allylic oxidation sites excluding steroid dienone is 2. The van der Waals surface area contributed by atoms with E-state index in [0.29, 0.717) is 13.0 Å². The second-order valence-corrected chi connectivity index (χ2v) is 16.6. The van der Waals surface area contributed by atoms with Crippen LogP contribution in [-0.2, 0) is 27.9 Å². The first-order valence-corrected chi connectivity index (χ1v) is 23.0. The molecule has 0 spiro atoms. The van der Waals surface area contributed by atoms with Gasteiger partial charge in [-0.3, -0.25) is 13.8 Å². The Morgan fingerprint density at radius 2 is 0.981 bits per heavy atom. The Morgan fingerprint density at radius 3 is 1.46 bits per heavy atom. The molecule has 12 nitrogen and oxygen atoms in total. The monoisotopic (exact) mass is 795 g/mol. The number of aliphatic hydroxyl groups is 5. The quantitative estimate of drug-likeness (QED) is 0.0155. The van der Waals surface area contributed by atoms with Crippen LogP contribution in [0.4, 0.5) is 0 Å². The van der Waals surface area contributed by atoms with Gasteiger partial charge in [-0.1, -0.05) is 148 Å². The van der Waals surface area contributed by atoms with Gasteiger partial charge in [0, 0.05) is 13.0 Å². The van der Waals surface area contributed by atoms with E-state index >= 15 is 0 Å². The van der Waals surface area contributed by atoms with Crippen molar-refractivity contribution in [2.24, 2.45) is 0 Å². The van der Waals surface area contributed by atoms with Crippen LogP contribution in [0.2, 0.25) is 0 Å². The molecule has 320 valence electrons. The predicted molar refractivity (Wildman–Crippen MR) is 212 cm³/mol. The largest absolute Gasteiger partial charge is 0.472 e. The van der Waals surface area contributed by atoms with E-state index < -0.39 is 63.1 Å². The summed E-state index contributed by atoms with van der Waals surface area (Å²) in [5.74, 6) is -0.484. The van der Waals surface area contributed by atoms with E-state index in [2.05, 4.69) is 26.0 Å². The first-order chi connectivity index (χ1) is 26.0. The Labute approximate surface area is 327 Å². The first-order valence-electron chi connectivity index (χ1n) is 21.5. The average molecular weight is 795 g/mol. The molecular weight excluding hydrogens is 715 g/mol. The molecule has 13 heteroatoms. The van der Waals surface area contributed by atoms with E-state index in [4.69, 9.17) is 18.5 Å². The van der Waals surface area contributed by atoms with Gasteiger partial charge in [-0.05, 0) is 38.5 Å². The predicted octanol–water partition coefficient (Wildman–Crippen LogP) is 7.97. The number of aliphatic hydroxyl groups excluding tert-OH is 5. The number of rotatable bonds is 36. The van der Waals surface area contributed by atoms with Crippen molar-refractivity contribution in [2.45, 2.75) is 224 Å². The highest BCUT2D eigenvalue weighted by atomic mass is 31.2. The highest BCUT2D eigenvalue weighted by molar-refractivity contribution is 7.47. The van der Waals surface area contributed by atoms with Crippen LogP contribution >= 0.6 is 7.82 Å². The molecule has 54 heavy (non-hydrogen) atoms. The zero-order valence-corrected chi connectivity index (χ0v) is 34.7. The van der Waals surface area contributed by atoms with Crippen LogP contribution in [0.3, 0.4) is 0 Å². The highest BCUT2D eigenvalue weighted by Crippen LogP contribution is 2.47. The molecule has 1 aliphatic rings. The van der Waals surface area contributed by atoms with Gasteiger partial charge in [-0.25, -0.2) is 4.57 Å². The van der Waals surface area contributed by atoms with Crippen LogP contribution < -0.4 is 0 Å². The van der Waals surface area contributed by atoms with Crippen LogP contribution in [0, 0.1) is 0 Å². The molecule has 1 rings (SSSR count). The molecular formula is C41H79O12P. The lowest BCUT2D eigenvalue weighted by molar-refractivity contribution is -0.220. The Kier molecular flexibility index (Phi) is 31.3. The summed E-state index contributed by atoms with van der Waals surface area (Å²) in [6, 6.07) is 0. The van der Waals surface area contributed by atoms with Crippen molar-refractivity contribution in [3.8, 4) is 0 Å². The summed E-state index contributed by atoms with van der Waals surface area (Å²) in [5, 5.41) is 50.0. The van der Waals surface area contributed by atoms with Crippen molar-refractivity contribution in [1.82, 2.24) is 0 Å². The zero-order valence-electron chi connectivity index (χ0n) is 33.8. The molecule has 6 atom stereocenters. The number of hydrogen-bond donors (Lipinski definition) is 6. The summed E-state index contributed by atoms with van der Waals surface area (Å²) < 4.78 is 34.0. The normalized spacial score (nSPS) is 23.5. The summed E-state index contributed by atoms with van der Waals surface area (Å²) in [7, 11) is -5.01. The maximum atomic E-state index is 12.8. The fraction of sp³-hybridized carbons (Fsp3) is 0.927. The molecule has 0 aromatic rings. The minimum absolute atomic E-state index is 0.0751. The van der Waals surface area contributed by atoms with Gasteiger partial charge in [0.25, 0.3) is 0 Å². The van der Waals surface area contributed by atoms with E-state index in [1.165, 1.54) is 96.3 Å². The third-order valence-corrected chi connectivity index (χ3v) is 11.1. The Balaban J connectivity index is 2.42. The average Bonchev–Trinajstić information content (AvgIpc) is 3.15. The van der Waals surface area contributed by atoms with Crippen LogP contribution in [-0.4, -0.2) is 98.9 Å². The SMILES string of the molecule is CCCCCCCCC/C=C\CCCCCCCC(=O)OC(COCCCCCCCCCCCCC)COP(=O)(O)OC1C(O)C(O)C(O)C(O)C1O. The van der Waals surface area contributed by atoms with Crippen molar-refractivity contribution < 1.29 is 58.3 Å². The third kappa shape index (κ3) is 25.4. The van der Waals surface area contributed by atoms with E-state index in [1.807, 2.05) is 0 Å². The summed E-state index contributed by atoms with van der Waals surface area (Å²) in [4.78, 5) is 23.1. The van der Waals surface area contributed by atoms with Crippen LogP contribution in [0.25, 0.3) is 0 Å². The zero-order chi connectivity index (χ0) is 39.9. The summed E-state index contributed by atoms with van der Waals surface area (Å²) >= 11 is 0. The molecule has 0 bridgehead atoms. The van der Waals surface area contributed by atoms with Crippen molar-refractivity contribution in [1.29, 1.82) is 0 Å². The van der Waals surface area contributed by atoms with Gasteiger partial charge < -0.3 is 39.9 Å². The van der Waals surface area contributed by atoms with Gasteiger partial charge in [0.15, 0.2) is 0 Å². The summed E-state index contributed by atoms with van der Waals surface area (Å²) in [6.45, 7) is 4.24. The Hall–Kier alpha value is -0.920. The second-order valence-electron chi connectivity index (χ2n) is 15.2. The fourth-order valence-corrected chi connectivity index (χ4v) is 7.62. The minimum atomic E-state index is -5.01. The molecule has 6 unspecified atom stereocenters. The number of carbonyl (C=O) groups is 1. The van der Waals surface area contributed by atoms with Gasteiger partial charge in [0.05, 0.1) is 13.2 Å². The molecule has 0 heterocycles. The second kappa shape index (κ2) is 33.1. The topological polar surface area (TPSA) is 192 Å². The molecule has 0 saturated heterocycles. The molecule has 1 fully saturated rings. The van der Waals surface area contributed by atoms with Gasteiger partial charge in [-0.15, -0.1) is 0 Å². The standard InChI is InChI=1S/C41H79O12P/c1-3-5-7-9-11-13-15-16-17-18-19-20-22-24-26-28-30-35(42)52-34(32-50-31-29-27-25-23-21-14-12-10-8-6-4-2)33-51-54(48,49)53-41-39(46)37(44)36(43)38(45)40(41)47/h17-18,34,36-41,43-47H,3-16,19-33H2,1-2H3,(H,48,49)/b18-17-. The lowest BCUT2D eigenvalue weighted by Crippen LogP contribution is -2.64. The number of esters is 1. The maximum Gasteiger partial charge on any atom is 0.472 e. The Morgan fingerprint density at radius 1 is 0.574 bits per heavy atom. The van der Waals surface area contributed by atoms with Gasteiger partial charge in [-0.2, -0.15) is 0 Å². The molecule has 0 aliphatic heterocycles. The fourth-order valence-electron chi connectivity index (χ4n) is 6.64. The van der Waals surface area contributed by atoms with Crippen molar-refractivity contribution >= 4 is 13.8 Å². The maximum absolute atomic E-state index is 12.8. The molecule has 1 saturated carbocycles. The number of unbranched alkanes of at least 4 members (excludes halogenated alkanes) is 22. The molecule has 0 amide bonds. The number of hydrogen-bond acceptors (Lipinski definition) is 11. The van der Waals surface area contributed by atoms with Crippen LogP contribution in [0.15, 0.2) is 12.2 Å². The van der Waals surface area contributed by atoms with E-state index in [1.54, 1.807) is 0 Å². The molecule has 0 aromatic heterocycles. The highest BCUT2D eigenvalue weighted by Gasteiger charge is 2.51. The summed E-state index contributed by atoms with van der Waals surface area (Å²) in [5.41, 5.74) is 0. The minimum Gasteiger partial charge on any atom is -0.457 e. The summed E-state index contributed by atoms with van der Waals surface area (Å²) in [6.07, 6.45) is 21.4. The third-order valence-electron chi connectivity index (χ3n) is 10.1. The van der Waals surface area contributed by atoms with Gasteiger partial charge >= 0.3 is 13.8 Å². The molecule has 0 radical (unpaired) electrons. The lowest BCUT2D eigenvalue weighted by atomic mass is 9.85. The van der Waals surface area contributed by atoms with Crippen molar-refractivity contribution in [3.63, 3.8) is 0 Å². The van der Waals surface area contributed by atoms with E-state index in [9.17, 15) is 39.8 Å².